The predicted molar refractivity (Wildman–Crippen MR) is 55.0 cm³/mol. The van der Waals surface area contributed by atoms with Crippen molar-refractivity contribution in [1.82, 2.24) is 5.32 Å². The van der Waals surface area contributed by atoms with E-state index in [2.05, 4.69) is 19.2 Å². The molecule has 0 rings (SSSR count). The lowest BCUT2D eigenvalue weighted by Crippen LogP contribution is -2.33. The monoisotopic (exact) mass is 189 g/mol. The number of hydrogen-bond acceptors (Lipinski definition) is 3. The first-order chi connectivity index (χ1) is 6.20. The molecule has 0 amide bonds. The summed E-state index contributed by atoms with van der Waals surface area (Å²) < 4.78 is 10.8. The molecular formula is C10H23NO2. The van der Waals surface area contributed by atoms with Gasteiger partial charge in [0.05, 0.1) is 12.2 Å². The maximum Gasteiger partial charge on any atom is 0.0671 e. The van der Waals surface area contributed by atoms with Gasteiger partial charge in [0, 0.05) is 26.3 Å². The van der Waals surface area contributed by atoms with Gasteiger partial charge < -0.3 is 14.8 Å². The molecule has 0 bridgehead atoms. The Balaban J connectivity index is 3.23. The van der Waals surface area contributed by atoms with E-state index in [0.29, 0.717) is 12.2 Å². The van der Waals surface area contributed by atoms with Gasteiger partial charge in [-0.05, 0) is 27.7 Å². The van der Waals surface area contributed by atoms with E-state index in [1.807, 2.05) is 13.8 Å². The molecule has 3 nitrogen and oxygen atoms in total. The maximum absolute atomic E-state index is 5.38. The van der Waals surface area contributed by atoms with Crippen LogP contribution in [0.2, 0.25) is 0 Å². The summed E-state index contributed by atoms with van der Waals surface area (Å²) in [6.45, 7) is 11.5. The first-order valence-electron chi connectivity index (χ1n) is 5.14. The fourth-order valence-electron chi connectivity index (χ4n) is 1.18. The van der Waals surface area contributed by atoms with Crippen molar-refractivity contribution in [1.29, 1.82) is 0 Å². The van der Waals surface area contributed by atoms with Gasteiger partial charge in [-0.3, -0.25) is 0 Å². The van der Waals surface area contributed by atoms with Gasteiger partial charge in [-0.1, -0.05) is 0 Å². The Bertz CT molecular complexity index is 97.1. The van der Waals surface area contributed by atoms with E-state index in [1.54, 1.807) is 0 Å². The molecule has 0 radical (unpaired) electrons. The first kappa shape index (κ1) is 12.9. The third kappa shape index (κ3) is 8.22. The summed E-state index contributed by atoms with van der Waals surface area (Å²) in [6, 6.07) is 0. The van der Waals surface area contributed by atoms with Crippen molar-refractivity contribution in [2.45, 2.75) is 39.9 Å². The van der Waals surface area contributed by atoms with Gasteiger partial charge in [0.1, 0.15) is 0 Å². The van der Waals surface area contributed by atoms with E-state index in [9.17, 15) is 0 Å². The van der Waals surface area contributed by atoms with Crippen LogP contribution in [0.3, 0.4) is 0 Å². The molecule has 0 aromatic rings. The Morgan fingerprint density at radius 3 is 1.62 bits per heavy atom. The normalized spacial score (nSPS) is 15.7. The summed E-state index contributed by atoms with van der Waals surface area (Å²) in [5.41, 5.74) is 0. The van der Waals surface area contributed by atoms with Crippen LogP contribution < -0.4 is 5.32 Å². The van der Waals surface area contributed by atoms with Crippen LogP contribution in [0, 0.1) is 0 Å². The fourth-order valence-corrected chi connectivity index (χ4v) is 1.18. The highest BCUT2D eigenvalue weighted by atomic mass is 16.5. The maximum atomic E-state index is 5.38. The second-order valence-electron chi connectivity index (χ2n) is 3.19. The van der Waals surface area contributed by atoms with Gasteiger partial charge in [0.2, 0.25) is 0 Å². The molecule has 1 N–H and O–H groups in total. The molecule has 0 fully saturated rings. The molecule has 0 spiro atoms. The van der Waals surface area contributed by atoms with Crippen molar-refractivity contribution in [3.63, 3.8) is 0 Å². The molecule has 0 aromatic carbocycles. The summed E-state index contributed by atoms with van der Waals surface area (Å²) in [5.74, 6) is 0. The van der Waals surface area contributed by atoms with Gasteiger partial charge >= 0.3 is 0 Å². The first-order valence-corrected chi connectivity index (χ1v) is 5.14. The Kier molecular flexibility index (Phi) is 8.40. The second kappa shape index (κ2) is 8.48. The van der Waals surface area contributed by atoms with Crippen LogP contribution in [0.25, 0.3) is 0 Å². The molecule has 0 saturated heterocycles. The highest BCUT2D eigenvalue weighted by Gasteiger charge is 2.02. The fraction of sp³-hybridized carbons (Fsp3) is 1.00. The van der Waals surface area contributed by atoms with Crippen molar-refractivity contribution < 1.29 is 9.47 Å². The second-order valence-corrected chi connectivity index (χ2v) is 3.19. The lowest BCUT2D eigenvalue weighted by Gasteiger charge is -2.15. The SMILES string of the molecule is CCOC(C)CNCC(C)OCC. The Labute approximate surface area is 81.8 Å². The van der Waals surface area contributed by atoms with Crippen molar-refractivity contribution in [3.8, 4) is 0 Å². The smallest absolute Gasteiger partial charge is 0.0671 e. The van der Waals surface area contributed by atoms with Crippen LogP contribution in [0.15, 0.2) is 0 Å². The number of nitrogens with one attached hydrogen (secondary N) is 1. The van der Waals surface area contributed by atoms with Crippen molar-refractivity contribution >= 4 is 0 Å². The van der Waals surface area contributed by atoms with E-state index in [-0.39, 0.29) is 0 Å². The average Bonchev–Trinajstić information content (AvgIpc) is 2.05. The van der Waals surface area contributed by atoms with Crippen molar-refractivity contribution in [3.05, 3.63) is 0 Å². The molecule has 2 unspecified atom stereocenters. The van der Waals surface area contributed by atoms with Crippen LogP contribution in [0.5, 0.6) is 0 Å². The van der Waals surface area contributed by atoms with E-state index >= 15 is 0 Å². The third-order valence-corrected chi connectivity index (χ3v) is 1.77. The van der Waals surface area contributed by atoms with Crippen molar-refractivity contribution in [2.24, 2.45) is 0 Å². The lowest BCUT2D eigenvalue weighted by atomic mass is 10.3. The molecule has 0 aliphatic rings. The third-order valence-electron chi connectivity index (χ3n) is 1.77. The average molecular weight is 189 g/mol. The van der Waals surface area contributed by atoms with Crippen LogP contribution >= 0.6 is 0 Å². The minimum Gasteiger partial charge on any atom is -0.377 e. The number of hydrogen-bond donors (Lipinski definition) is 1. The van der Waals surface area contributed by atoms with Gasteiger partial charge in [-0.15, -0.1) is 0 Å². The lowest BCUT2D eigenvalue weighted by molar-refractivity contribution is 0.0584. The zero-order chi connectivity index (χ0) is 10.1. The predicted octanol–water partition coefficient (Wildman–Crippen LogP) is 1.43. The molecule has 0 saturated carbocycles. The van der Waals surface area contributed by atoms with Crippen LogP contribution in [0.4, 0.5) is 0 Å². The van der Waals surface area contributed by atoms with Gasteiger partial charge in [-0.25, -0.2) is 0 Å². The summed E-state index contributed by atoms with van der Waals surface area (Å²) in [5, 5.41) is 3.30. The Morgan fingerprint density at radius 1 is 0.923 bits per heavy atom. The molecule has 3 heteroatoms. The summed E-state index contributed by atoms with van der Waals surface area (Å²) in [4.78, 5) is 0. The quantitative estimate of drug-likeness (QED) is 0.626. The van der Waals surface area contributed by atoms with Crippen molar-refractivity contribution in [2.75, 3.05) is 26.3 Å². The van der Waals surface area contributed by atoms with Crippen LogP contribution in [0.1, 0.15) is 27.7 Å². The van der Waals surface area contributed by atoms with E-state index < -0.39 is 0 Å². The standard InChI is InChI=1S/C10H23NO2/c1-5-12-9(3)7-11-8-10(4)13-6-2/h9-11H,5-8H2,1-4H3. The summed E-state index contributed by atoms with van der Waals surface area (Å²) in [6.07, 6.45) is 0.581. The highest BCUT2D eigenvalue weighted by molar-refractivity contribution is 4.59. The zero-order valence-corrected chi connectivity index (χ0v) is 9.30. The molecule has 80 valence electrons. The minimum absolute atomic E-state index is 0.291. The van der Waals surface area contributed by atoms with Gasteiger partial charge in [-0.2, -0.15) is 0 Å². The molecule has 0 heterocycles. The Morgan fingerprint density at radius 2 is 1.31 bits per heavy atom. The molecule has 0 aliphatic carbocycles. The summed E-state index contributed by atoms with van der Waals surface area (Å²) in [7, 11) is 0. The summed E-state index contributed by atoms with van der Waals surface area (Å²) >= 11 is 0. The molecule has 0 aliphatic heterocycles. The van der Waals surface area contributed by atoms with E-state index in [4.69, 9.17) is 9.47 Å². The minimum atomic E-state index is 0.291. The largest absolute Gasteiger partial charge is 0.377 e. The number of rotatable bonds is 8. The van der Waals surface area contributed by atoms with Gasteiger partial charge in [0.25, 0.3) is 0 Å². The molecular weight excluding hydrogens is 166 g/mol. The Hall–Kier alpha value is -0.120. The molecule has 13 heavy (non-hydrogen) atoms. The number of ether oxygens (including phenoxy) is 2. The van der Waals surface area contributed by atoms with E-state index in [1.165, 1.54) is 0 Å². The van der Waals surface area contributed by atoms with Gasteiger partial charge in [0.15, 0.2) is 0 Å². The topological polar surface area (TPSA) is 30.5 Å². The van der Waals surface area contributed by atoms with E-state index in [0.717, 1.165) is 26.3 Å². The zero-order valence-electron chi connectivity index (χ0n) is 9.30. The van der Waals surface area contributed by atoms with Crippen LogP contribution in [-0.2, 0) is 9.47 Å². The van der Waals surface area contributed by atoms with Crippen LogP contribution in [-0.4, -0.2) is 38.5 Å². The molecule has 2 atom stereocenters. The highest BCUT2D eigenvalue weighted by Crippen LogP contribution is 1.90. The molecule has 0 aromatic heterocycles.